The molecule has 9 nitrogen and oxygen atoms in total. The van der Waals surface area contributed by atoms with Gasteiger partial charge in [0.15, 0.2) is 11.5 Å². The molecule has 186 valence electrons. The summed E-state index contributed by atoms with van der Waals surface area (Å²) in [6.45, 7) is 3.36. The first-order valence-electron chi connectivity index (χ1n) is 10.5. The number of carbonyl (C=O) groups excluding carboxylic acids is 2. The Hall–Kier alpha value is -2.98. The summed E-state index contributed by atoms with van der Waals surface area (Å²) in [6, 6.07) is 10.6. The van der Waals surface area contributed by atoms with E-state index in [0.717, 1.165) is 16.1 Å². The summed E-state index contributed by atoms with van der Waals surface area (Å²) in [6.07, 6.45) is 1.01. The second-order valence-electron chi connectivity index (χ2n) is 7.53. The molecule has 0 fully saturated rings. The van der Waals surface area contributed by atoms with Gasteiger partial charge in [-0.25, -0.2) is 8.42 Å². The van der Waals surface area contributed by atoms with Gasteiger partial charge in [0.1, 0.15) is 12.6 Å². The number of amides is 2. The van der Waals surface area contributed by atoms with E-state index in [9.17, 15) is 18.0 Å². The van der Waals surface area contributed by atoms with Crippen LogP contribution in [-0.2, 0) is 26.2 Å². The quantitative estimate of drug-likeness (QED) is 0.497. The number of halogens is 1. The summed E-state index contributed by atoms with van der Waals surface area (Å²) in [7, 11) is -0.959. The van der Waals surface area contributed by atoms with Crippen molar-refractivity contribution >= 4 is 39.1 Å². The molecule has 1 N–H and O–H groups in total. The largest absolute Gasteiger partial charge is 0.493 e. The van der Waals surface area contributed by atoms with Gasteiger partial charge in [0.05, 0.1) is 26.2 Å². The predicted octanol–water partition coefficient (Wildman–Crippen LogP) is 2.68. The number of hydrogen-bond acceptors (Lipinski definition) is 6. The highest BCUT2D eigenvalue weighted by Crippen LogP contribution is 2.32. The van der Waals surface area contributed by atoms with Crippen molar-refractivity contribution in [2.75, 3.05) is 37.9 Å². The minimum absolute atomic E-state index is 0.0951. The maximum absolute atomic E-state index is 13.4. The number of likely N-dealkylation sites (N-methyl/N-ethyl adjacent to an activating group) is 1. The third-order valence-corrected chi connectivity index (χ3v) is 6.51. The summed E-state index contributed by atoms with van der Waals surface area (Å²) in [5, 5.41) is 3.24. The van der Waals surface area contributed by atoms with Gasteiger partial charge in [-0.05, 0) is 43.7 Å². The first kappa shape index (κ1) is 27.3. The molecule has 34 heavy (non-hydrogen) atoms. The molecule has 2 aromatic carbocycles. The number of hydrogen-bond donors (Lipinski definition) is 1. The monoisotopic (exact) mass is 511 g/mol. The van der Waals surface area contributed by atoms with Crippen LogP contribution in [0.5, 0.6) is 11.5 Å². The summed E-state index contributed by atoms with van der Waals surface area (Å²) in [4.78, 5) is 27.3. The van der Waals surface area contributed by atoms with Gasteiger partial charge in [0, 0.05) is 24.2 Å². The molecule has 11 heteroatoms. The number of anilines is 1. The molecular formula is C23H30ClN3O6S. The molecule has 0 aromatic heterocycles. The fourth-order valence-corrected chi connectivity index (χ4v) is 4.25. The molecule has 0 aliphatic heterocycles. The minimum Gasteiger partial charge on any atom is -0.493 e. The van der Waals surface area contributed by atoms with Crippen molar-refractivity contribution in [2.24, 2.45) is 0 Å². The van der Waals surface area contributed by atoms with Crippen molar-refractivity contribution in [3.8, 4) is 11.5 Å². The van der Waals surface area contributed by atoms with E-state index in [4.69, 9.17) is 21.1 Å². The van der Waals surface area contributed by atoms with Crippen LogP contribution in [0.3, 0.4) is 0 Å². The van der Waals surface area contributed by atoms with Crippen molar-refractivity contribution in [2.45, 2.75) is 26.4 Å². The van der Waals surface area contributed by atoms with Gasteiger partial charge in [0.2, 0.25) is 21.8 Å². The third kappa shape index (κ3) is 7.01. The number of ether oxygens (including phenoxy) is 2. The molecule has 0 aliphatic carbocycles. The van der Waals surface area contributed by atoms with Gasteiger partial charge in [-0.2, -0.15) is 0 Å². The molecule has 2 rings (SSSR count). The summed E-state index contributed by atoms with van der Waals surface area (Å²) >= 11 is 5.96. The Morgan fingerprint density at radius 1 is 1.06 bits per heavy atom. The molecule has 0 spiro atoms. The minimum atomic E-state index is -3.85. The van der Waals surface area contributed by atoms with Gasteiger partial charge in [-0.1, -0.05) is 23.7 Å². The summed E-state index contributed by atoms with van der Waals surface area (Å²) in [5.41, 5.74) is 0.969. The first-order valence-corrected chi connectivity index (χ1v) is 12.8. The predicted molar refractivity (Wildman–Crippen MR) is 132 cm³/mol. The first-order chi connectivity index (χ1) is 16.0. The van der Waals surface area contributed by atoms with Crippen molar-refractivity contribution in [1.82, 2.24) is 10.2 Å². The van der Waals surface area contributed by atoms with Gasteiger partial charge >= 0.3 is 0 Å². The van der Waals surface area contributed by atoms with Gasteiger partial charge < -0.3 is 19.7 Å². The lowest BCUT2D eigenvalue weighted by Gasteiger charge is -2.31. The van der Waals surface area contributed by atoms with Crippen molar-refractivity contribution < 1.29 is 27.5 Å². The smallest absolute Gasteiger partial charge is 0.244 e. The third-order valence-electron chi connectivity index (χ3n) is 5.12. The van der Waals surface area contributed by atoms with Crippen molar-refractivity contribution in [1.29, 1.82) is 0 Å². The second kappa shape index (κ2) is 11.9. The Labute approximate surface area is 205 Å². The van der Waals surface area contributed by atoms with E-state index in [1.165, 1.54) is 31.3 Å². The molecule has 2 amide bonds. The lowest BCUT2D eigenvalue weighted by molar-refractivity contribution is -0.139. The van der Waals surface area contributed by atoms with Crippen LogP contribution in [-0.4, -0.2) is 64.7 Å². The Kier molecular flexibility index (Phi) is 9.57. The van der Waals surface area contributed by atoms with Gasteiger partial charge in [-0.15, -0.1) is 0 Å². The zero-order chi connectivity index (χ0) is 25.5. The van der Waals surface area contributed by atoms with Crippen LogP contribution in [0.4, 0.5) is 5.69 Å². The van der Waals surface area contributed by atoms with E-state index >= 15 is 0 Å². The second-order valence-corrected chi connectivity index (χ2v) is 9.87. The van der Waals surface area contributed by atoms with Crippen LogP contribution in [0.15, 0.2) is 42.5 Å². The fraction of sp³-hybridized carbons (Fsp3) is 0.391. The lowest BCUT2D eigenvalue weighted by atomic mass is 10.1. The van der Waals surface area contributed by atoms with Crippen molar-refractivity contribution in [3.63, 3.8) is 0 Å². The molecule has 0 saturated carbocycles. The number of carbonyl (C=O) groups is 2. The van der Waals surface area contributed by atoms with E-state index in [2.05, 4.69) is 5.32 Å². The number of sulfonamides is 1. The van der Waals surface area contributed by atoms with Crippen molar-refractivity contribution in [3.05, 3.63) is 53.1 Å². The maximum atomic E-state index is 13.4. The average molecular weight is 512 g/mol. The van der Waals surface area contributed by atoms with E-state index in [1.807, 2.05) is 0 Å². The number of methoxy groups -OCH3 is 2. The SMILES string of the molecule is CCNC(=O)[C@@H](C)N(Cc1ccc(Cl)cc1)C(=O)CN(c1ccc(OC)c(OC)c1)S(C)(=O)=O. The topological polar surface area (TPSA) is 105 Å². The molecule has 2 aromatic rings. The number of rotatable bonds is 11. The normalized spacial score (nSPS) is 11.9. The Bertz CT molecular complexity index is 1110. The van der Waals surface area contributed by atoms with Gasteiger partial charge in [-0.3, -0.25) is 13.9 Å². The zero-order valence-corrected chi connectivity index (χ0v) is 21.4. The maximum Gasteiger partial charge on any atom is 0.244 e. The highest BCUT2D eigenvalue weighted by Gasteiger charge is 2.30. The molecule has 0 bridgehead atoms. The summed E-state index contributed by atoms with van der Waals surface area (Å²) in [5.74, 6) is -0.161. The van der Waals surface area contributed by atoms with E-state index in [-0.39, 0.29) is 18.1 Å². The van der Waals surface area contributed by atoms with Crippen LogP contribution in [0.2, 0.25) is 5.02 Å². The lowest BCUT2D eigenvalue weighted by Crippen LogP contribution is -2.51. The molecule has 0 heterocycles. The molecule has 0 saturated heterocycles. The zero-order valence-electron chi connectivity index (χ0n) is 19.9. The van der Waals surface area contributed by atoms with E-state index in [0.29, 0.717) is 23.1 Å². The molecular weight excluding hydrogens is 482 g/mol. The van der Waals surface area contributed by atoms with E-state index in [1.54, 1.807) is 44.2 Å². The standard InChI is InChI=1S/C23H30ClN3O6S/c1-6-25-23(29)16(2)26(14-17-7-9-18(24)10-8-17)22(28)15-27(34(5,30)31)19-11-12-20(32-3)21(13-19)33-4/h7-13,16H,6,14-15H2,1-5H3,(H,25,29)/t16-/m1/s1. The van der Waals surface area contributed by atoms with Crippen LogP contribution >= 0.6 is 11.6 Å². The molecule has 1 atom stereocenters. The Morgan fingerprint density at radius 3 is 2.21 bits per heavy atom. The van der Waals surface area contributed by atoms with Gasteiger partial charge in [0.25, 0.3) is 0 Å². The molecule has 0 radical (unpaired) electrons. The highest BCUT2D eigenvalue weighted by molar-refractivity contribution is 7.92. The van der Waals surface area contributed by atoms with E-state index < -0.39 is 28.5 Å². The van der Waals surface area contributed by atoms with Crippen LogP contribution in [0.1, 0.15) is 19.4 Å². The number of nitrogens with zero attached hydrogens (tertiary/aromatic N) is 2. The molecule has 0 aliphatic rings. The molecule has 0 unspecified atom stereocenters. The van der Waals surface area contributed by atoms with Crippen LogP contribution in [0.25, 0.3) is 0 Å². The average Bonchev–Trinajstić information content (AvgIpc) is 2.80. The summed E-state index contributed by atoms with van der Waals surface area (Å²) < 4.78 is 36.7. The Morgan fingerprint density at radius 2 is 1.68 bits per heavy atom. The number of nitrogens with one attached hydrogen (secondary N) is 1. The number of benzene rings is 2. The highest BCUT2D eigenvalue weighted by atomic mass is 35.5. The fourth-order valence-electron chi connectivity index (χ4n) is 3.28. The van der Waals surface area contributed by atoms with Crippen LogP contribution < -0.4 is 19.1 Å². The van der Waals surface area contributed by atoms with Crippen LogP contribution in [0, 0.1) is 0 Å². The Balaban J connectivity index is 2.42.